The van der Waals surface area contributed by atoms with Gasteiger partial charge >= 0.3 is 0 Å². The van der Waals surface area contributed by atoms with Crippen molar-refractivity contribution >= 4 is 28.2 Å². The first kappa shape index (κ1) is 21.6. The Labute approximate surface area is 196 Å². The summed E-state index contributed by atoms with van der Waals surface area (Å²) >= 11 is 0. The van der Waals surface area contributed by atoms with Crippen LogP contribution in [-0.4, -0.2) is 43.4 Å². The minimum Gasteiger partial charge on any atom is -0.493 e. The molecule has 2 aromatic heterocycles. The monoisotopic (exact) mass is 457 g/mol. The molecule has 9 heteroatoms. The van der Waals surface area contributed by atoms with Crippen molar-refractivity contribution in [2.75, 3.05) is 43.6 Å². The van der Waals surface area contributed by atoms with E-state index >= 15 is 0 Å². The first-order chi connectivity index (χ1) is 16.7. The molecule has 1 fully saturated rings. The van der Waals surface area contributed by atoms with Gasteiger partial charge in [0.2, 0.25) is 0 Å². The van der Waals surface area contributed by atoms with Gasteiger partial charge in [0.25, 0.3) is 0 Å². The Morgan fingerprint density at radius 3 is 2.79 bits per heavy atom. The summed E-state index contributed by atoms with van der Waals surface area (Å²) < 4.78 is 22.1. The minimum absolute atomic E-state index is 0.295. The zero-order chi connectivity index (χ0) is 23.3. The number of methoxy groups -OCH3 is 1. The number of hydrogen-bond donors (Lipinski definition) is 1. The lowest BCUT2D eigenvalue weighted by Gasteiger charge is -2.27. The fourth-order valence-electron chi connectivity index (χ4n) is 3.79. The van der Waals surface area contributed by atoms with Gasteiger partial charge < -0.3 is 28.8 Å². The Hall–Kier alpha value is -4.29. The average Bonchev–Trinajstić information content (AvgIpc) is 3.41. The van der Waals surface area contributed by atoms with Gasteiger partial charge in [-0.25, -0.2) is 4.98 Å². The van der Waals surface area contributed by atoms with Crippen molar-refractivity contribution in [3.05, 3.63) is 66.2 Å². The number of fused-ring (bicyclic) bond motifs is 1. The molecule has 1 aliphatic heterocycles. The fourth-order valence-corrected chi connectivity index (χ4v) is 3.79. The van der Waals surface area contributed by atoms with Crippen LogP contribution in [0.15, 0.2) is 59.3 Å². The zero-order valence-electron chi connectivity index (χ0n) is 18.7. The molecule has 0 saturated carbocycles. The molecule has 1 saturated heterocycles. The molecule has 2 aromatic carbocycles. The number of anilines is 3. The smallest absolute Gasteiger partial charge is 0.162 e. The number of nitrogens with one attached hydrogen (secondary N) is 1. The molecule has 3 heterocycles. The first-order valence-electron chi connectivity index (χ1n) is 10.9. The molecule has 1 aliphatic rings. The number of nitrogens with zero attached hydrogens (tertiary/aromatic N) is 4. The number of benzene rings is 2. The van der Waals surface area contributed by atoms with E-state index in [1.807, 2.05) is 42.5 Å². The third-order valence-electron chi connectivity index (χ3n) is 5.54. The number of nitriles is 1. The Balaban J connectivity index is 1.41. The highest BCUT2D eigenvalue weighted by atomic mass is 16.5. The summed E-state index contributed by atoms with van der Waals surface area (Å²) in [6.07, 6.45) is 3.35. The van der Waals surface area contributed by atoms with E-state index in [-0.39, 0.29) is 0 Å². The van der Waals surface area contributed by atoms with Crippen molar-refractivity contribution in [3.8, 4) is 17.6 Å². The third kappa shape index (κ3) is 4.44. The van der Waals surface area contributed by atoms with E-state index in [0.29, 0.717) is 53.6 Å². The van der Waals surface area contributed by atoms with Crippen molar-refractivity contribution in [3.63, 3.8) is 0 Å². The number of hydrogen-bond acceptors (Lipinski definition) is 9. The Morgan fingerprint density at radius 1 is 1.15 bits per heavy atom. The van der Waals surface area contributed by atoms with Gasteiger partial charge in [-0.1, -0.05) is 0 Å². The number of furan rings is 1. The van der Waals surface area contributed by atoms with Crippen LogP contribution in [0, 0.1) is 11.3 Å². The van der Waals surface area contributed by atoms with Crippen molar-refractivity contribution in [2.24, 2.45) is 0 Å². The van der Waals surface area contributed by atoms with E-state index in [9.17, 15) is 5.26 Å². The van der Waals surface area contributed by atoms with Gasteiger partial charge in [-0.3, -0.25) is 4.98 Å². The van der Waals surface area contributed by atoms with Gasteiger partial charge in [-0.05, 0) is 36.4 Å². The minimum atomic E-state index is 0.295. The lowest BCUT2D eigenvalue weighted by molar-refractivity contribution is 0.122. The van der Waals surface area contributed by atoms with Gasteiger partial charge in [0.05, 0.1) is 44.0 Å². The molecule has 0 spiro atoms. The molecule has 0 radical (unpaired) electrons. The van der Waals surface area contributed by atoms with Gasteiger partial charge in [0.1, 0.15) is 35.3 Å². The second-order valence-electron chi connectivity index (χ2n) is 7.65. The second-order valence-corrected chi connectivity index (χ2v) is 7.65. The molecular weight excluding hydrogens is 434 g/mol. The number of aromatic nitrogens is 2. The highest BCUT2D eigenvalue weighted by Crippen LogP contribution is 2.34. The number of rotatable bonds is 7. The molecule has 172 valence electrons. The standard InChI is InChI=1S/C25H23N5O4/c1-31-23-13-17(4-7-22(23)34-16-18-3-2-10-33-18)28-20-5-6-21-25(19(20)14-26)29-24(15-27-21)30-8-11-32-12-9-30/h2-7,10,13,15,28H,8-9,11-12,16H2,1H3. The SMILES string of the molecule is COc1cc(Nc2ccc3ncc(N4CCOCC4)nc3c2C#N)ccc1OCc1ccco1. The molecular formula is C25H23N5O4. The molecule has 0 amide bonds. The predicted octanol–water partition coefficient (Wildman–Crippen LogP) is 4.26. The lowest BCUT2D eigenvalue weighted by atomic mass is 10.1. The van der Waals surface area contributed by atoms with Crippen molar-refractivity contribution in [1.82, 2.24) is 9.97 Å². The summed E-state index contributed by atoms with van der Waals surface area (Å²) in [5.74, 6) is 2.61. The summed E-state index contributed by atoms with van der Waals surface area (Å²) in [6.45, 7) is 3.08. The first-order valence-corrected chi connectivity index (χ1v) is 10.9. The normalized spacial score (nSPS) is 13.5. The summed E-state index contributed by atoms with van der Waals surface area (Å²) in [4.78, 5) is 11.4. The van der Waals surface area contributed by atoms with Gasteiger partial charge in [0.15, 0.2) is 11.5 Å². The molecule has 1 N–H and O–H groups in total. The van der Waals surface area contributed by atoms with Crippen LogP contribution in [0.1, 0.15) is 11.3 Å². The lowest BCUT2D eigenvalue weighted by Crippen LogP contribution is -2.36. The largest absolute Gasteiger partial charge is 0.493 e. The third-order valence-corrected chi connectivity index (χ3v) is 5.54. The predicted molar refractivity (Wildman–Crippen MR) is 127 cm³/mol. The molecule has 4 aromatic rings. The van der Waals surface area contributed by atoms with Crippen LogP contribution in [0.4, 0.5) is 17.2 Å². The maximum absolute atomic E-state index is 9.96. The van der Waals surface area contributed by atoms with Crippen molar-refractivity contribution < 1.29 is 18.6 Å². The Bertz CT molecular complexity index is 1330. The molecule has 0 unspecified atom stereocenters. The van der Waals surface area contributed by atoms with Crippen LogP contribution < -0.4 is 19.7 Å². The average molecular weight is 457 g/mol. The van der Waals surface area contributed by atoms with Crippen LogP contribution >= 0.6 is 0 Å². The molecule has 0 bridgehead atoms. The van der Waals surface area contributed by atoms with Crippen molar-refractivity contribution in [2.45, 2.75) is 6.61 Å². The van der Waals surface area contributed by atoms with E-state index in [4.69, 9.17) is 23.6 Å². The molecule has 0 atom stereocenters. The molecule has 9 nitrogen and oxygen atoms in total. The Kier molecular flexibility index (Phi) is 6.14. The van der Waals surface area contributed by atoms with Gasteiger partial charge in [-0.2, -0.15) is 5.26 Å². The molecule has 0 aliphatic carbocycles. The van der Waals surface area contributed by atoms with E-state index in [1.165, 1.54) is 0 Å². The van der Waals surface area contributed by atoms with E-state index in [2.05, 4.69) is 21.3 Å². The summed E-state index contributed by atoms with van der Waals surface area (Å²) in [7, 11) is 1.58. The van der Waals surface area contributed by atoms with Gasteiger partial charge in [0, 0.05) is 24.8 Å². The van der Waals surface area contributed by atoms with E-state index in [0.717, 1.165) is 30.4 Å². The fraction of sp³-hybridized carbons (Fsp3) is 0.240. The van der Waals surface area contributed by atoms with Crippen LogP contribution in [0.2, 0.25) is 0 Å². The number of ether oxygens (including phenoxy) is 3. The summed E-state index contributed by atoms with van der Waals surface area (Å²) in [5, 5.41) is 13.3. The highest BCUT2D eigenvalue weighted by Gasteiger charge is 2.17. The van der Waals surface area contributed by atoms with Gasteiger partial charge in [-0.15, -0.1) is 0 Å². The zero-order valence-corrected chi connectivity index (χ0v) is 18.7. The van der Waals surface area contributed by atoms with Crippen LogP contribution in [0.25, 0.3) is 11.0 Å². The molecule has 5 rings (SSSR count). The van der Waals surface area contributed by atoms with Crippen LogP contribution in [0.5, 0.6) is 11.5 Å². The highest BCUT2D eigenvalue weighted by molar-refractivity contribution is 5.89. The molecule has 34 heavy (non-hydrogen) atoms. The van der Waals surface area contributed by atoms with E-state index in [1.54, 1.807) is 19.6 Å². The maximum Gasteiger partial charge on any atom is 0.162 e. The number of morpholine rings is 1. The van der Waals surface area contributed by atoms with Crippen LogP contribution in [0.3, 0.4) is 0 Å². The Morgan fingerprint density at radius 2 is 2.03 bits per heavy atom. The topological polar surface area (TPSA) is 106 Å². The van der Waals surface area contributed by atoms with Crippen LogP contribution in [-0.2, 0) is 11.3 Å². The maximum atomic E-state index is 9.96. The second kappa shape index (κ2) is 9.68. The summed E-state index contributed by atoms with van der Waals surface area (Å²) in [6, 6.07) is 15.1. The van der Waals surface area contributed by atoms with E-state index < -0.39 is 0 Å². The summed E-state index contributed by atoms with van der Waals surface area (Å²) in [5.41, 5.74) is 3.03. The van der Waals surface area contributed by atoms with Crippen molar-refractivity contribution in [1.29, 1.82) is 5.26 Å². The quantitative estimate of drug-likeness (QED) is 0.436.